The summed E-state index contributed by atoms with van der Waals surface area (Å²) in [6.07, 6.45) is 5.08. The molecule has 0 saturated carbocycles. The maximum atomic E-state index is 13.0. The molecule has 1 aromatic heterocycles. The quantitative estimate of drug-likeness (QED) is 0.851. The van der Waals surface area contributed by atoms with Crippen LogP contribution in [0, 0.1) is 25.2 Å². The van der Waals surface area contributed by atoms with Gasteiger partial charge in [-0.3, -0.25) is 4.79 Å². The van der Waals surface area contributed by atoms with E-state index in [-0.39, 0.29) is 5.91 Å². The van der Waals surface area contributed by atoms with E-state index in [1.165, 1.54) is 12.0 Å². The molecule has 1 amide bonds. The van der Waals surface area contributed by atoms with Crippen molar-refractivity contribution in [3.63, 3.8) is 0 Å². The van der Waals surface area contributed by atoms with Crippen LogP contribution in [0.4, 0.5) is 0 Å². The number of aromatic nitrogens is 1. The molecule has 4 heteroatoms. The first kappa shape index (κ1) is 15.4. The molecule has 0 N–H and O–H groups in total. The van der Waals surface area contributed by atoms with Crippen molar-refractivity contribution >= 4 is 5.91 Å². The van der Waals surface area contributed by atoms with Gasteiger partial charge < -0.3 is 9.47 Å². The van der Waals surface area contributed by atoms with E-state index in [9.17, 15) is 10.1 Å². The second-order valence-corrected chi connectivity index (χ2v) is 6.20. The molecular formula is C19H21N3O. The highest BCUT2D eigenvalue weighted by atomic mass is 16.2. The number of carbonyl (C=O) groups is 1. The summed E-state index contributed by atoms with van der Waals surface area (Å²) in [4.78, 5) is 14.8. The van der Waals surface area contributed by atoms with Crippen molar-refractivity contribution in [3.8, 4) is 11.8 Å². The monoisotopic (exact) mass is 307 g/mol. The largest absolute Gasteiger partial charge is 0.337 e. The summed E-state index contributed by atoms with van der Waals surface area (Å²) in [5.74, 6) is -0.0359. The van der Waals surface area contributed by atoms with Gasteiger partial charge in [-0.2, -0.15) is 5.26 Å². The lowest BCUT2D eigenvalue weighted by molar-refractivity contribution is 0.0716. The Morgan fingerprint density at radius 2 is 1.87 bits per heavy atom. The minimum Gasteiger partial charge on any atom is -0.337 e. The molecule has 1 aliphatic rings. The van der Waals surface area contributed by atoms with Gasteiger partial charge >= 0.3 is 0 Å². The van der Waals surface area contributed by atoms with Gasteiger partial charge in [-0.05, 0) is 50.8 Å². The SMILES string of the molecule is Cc1ccc(-n2ccc(C#N)c2C(=O)N2CCCCC2)c(C)c1. The highest BCUT2D eigenvalue weighted by Crippen LogP contribution is 2.23. The molecule has 1 aromatic carbocycles. The topological polar surface area (TPSA) is 49.0 Å². The van der Waals surface area contributed by atoms with Crippen molar-refractivity contribution in [2.75, 3.05) is 13.1 Å². The first-order chi connectivity index (χ1) is 11.1. The van der Waals surface area contributed by atoms with Crippen LogP contribution in [0.15, 0.2) is 30.5 Å². The molecule has 1 fully saturated rings. The fourth-order valence-corrected chi connectivity index (χ4v) is 3.26. The van der Waals surface area contributed by atoms with E-state index in [1.54, 1.807) is 6.07 Å². The van der Waals surface area contributed by atoms with Gasteiger partial charge in [0.05, 0.1) is 5.56 Å². The molecule has 0 aliphatic carbocycles. The summed E-state index contributed by atoms with van der Waals surface area (Å²) in [6.45, 7) is 5.64. The minimum absolute atomic E-state index is 0.0359. The van der Waals surface area contributed by atoms with Crippen LogP contribution in [0.25, 0.3) is 5.69 Å². The third-order valence-electron chi connectivity index (χ3n) is 4.46. The Bertz CT molecular complexity index is 776. The summed E-state index contributed by atoms with van der Waals surface area (Å²) in [5.41, 5.74) is 4.17. The lowest BCUT2D eigenvalue weighted by Crippen LogP contribution is -2.37. The summed E-state index contributed by atoms with van der Waals surface area (Å²) in [5, 5.41) is 9.41. The number of likely N-dealkylation sites (tertiary alicyclic amines) is 1. The Hall–Kier alpha value is -2.54. The van der Waals surface area contributed by atoms with Gasteiger partial charge in [-0.25, -0.2) is 0 Å². The van der Waals surface area contributed by atoms with Gasteiger partial charge in [0.2, 0.25) is 0 Å². The predicted molar refractivity (Wildman–Crippen MR) is 89.7 cm³/mol. The van der Waals surface area contributed by atoms with E-state index in [0.29, 0.717) is 11.3 Å². The minimum atomic E-state index is -0.0359. The third kappa shape index (κ3) is 2.87. The van der Waals surface area contributed by atoms with Gasteiger partial charge in [-0.1, -0.05) is 17.7 Å². The number of amides is 1. The zero-order valence-electron chi connectivity index (χ0n) is 13.7. The molecule has 118 valence electrons. The molecule has 0 unspecified atom stereocenters. The van der Waals surface area contributed by atoms with Crippen LogP contribution in [0.1, 0.15) is 46.4 Å². The fraction of sp³-hybridized carbons (Fsp3) is 0.368. The lowest BCUT2D eigenvalue weighted by atomic mass is 10.1. The number of hydrogen-bond donors (Lipinski definition) is 0. The maximum Gasteiger partial charge on any atom is 0.272 e. The van der Waals surface area contributed by atoms with Crippen LogP contribution in [0.3, 0.4) is 0 Å². The first-order valence-corrected chi connectivity index (χ1v) is 8.10. The van der Waals surface area contributed by atoms with E-state index in [1.807, 2.05) is 41.6 Å². The molecule has 0 atom stereocenters. The Morgan fingerprint density at radius 3 is 2.52 bits per heavy atom. The smallest absolute Gasteiger partial charge is 0.272 e. The highest BCUT2D eigenvalue weighted by molar-refractivity contribution is 5.96. The fourth-order valence-electron chi connectivity index (χ4n) is 3.26. The van der Waals surface area contributed by atoms with Crippen LogP contribution < -0.4 is 0 Å². The summed E-state index contributed by atoms with van der Waals surface area (Å²) >= 11 is 0. The molecule has 4 nitrogen and oxygen atoms in total. The van der Waals surface area contributed by atoms with Crippen LogP contribution in [0.5, 0.6) is 0 Å². The Labute approximate surface area is 137 Å². The molecule has 23 heavy (non-hydrogen) atoms. The van der Waals surface area contributed by atoms with Crippen molar-refractivity contribution < 1.29 is 4.79 Å². The number of nitrogens with zero attached hydrogens (tertiary/aromatic N) is 3. The molecule has 2 heterocycles. The summed E-state index contributed by atoms with van der Waals surface area (Å²) < 4.78 is 1.87. The van der Waals surface area contributed by atoms with Crippen LogP contribution >= 0.6 is 0 Å². The molecule has 1 aliphatic heterocycles. The zero-order chi connectivity index (χ0) is 16.4. The Balaban J connectivity index is 2.07. The molecule has 3 rings (SSSR count). The van der Waals surface area contributed by atoms with Gasteiger partial charge in [0, 0.05) is 25.0 Å². The van der Waals surface area contributed by atoms with Crippen LogP contribution in [-0.2, 0) is 0 Å². The van der Waals surface area contributed by atoms with Crippen molar-refractivity contribution in [1.82, 2.24) is 9.47 Å². The number of carbonyl (C=O) groups excluding carboxylic acids is 1. The summed E-state index contributed by atoms with van der Waals surface area (Å²) in [7, 11) is 0. The number of nitriles is 1. The Morgan fingerprint density at radius 1 is 1.13 bits per heavy atom. The van der Waals surface area contributed by atoms with Crippen LogP contribution in [-0.4, -0.2) is 28.5 Å². The second kappa shape index (κ2) is 6.29. The maximum absolute atomic E-state index is 13.0. The number of hydrogen-bond acceptors (Lipinski definition) is 2. The lowest BCUT2D eigenvalue weighted by Gasteiger charge is -2.27. The van der Waals surface area contributed by atoms with Gasteiger partial charge in [0.1, 0.15) is 11.8 Å². The van der Waals surface area contributed by atoms with Crippen LogP contribution in [0.2, 0.25) is 0 Å². The third-order valence-corrected chi connectivity index (χ3v) is 4.46. The average Bonchev–Trinajstić information content (AvgIpc) is 2.98. The first-order valence-electron chi connectivity index (χ1n) is 8.10. The van der Waals surface area contributed by atoms with Gasteiger partial charge in [0.25, 0.3) is 5.91 Å². The molecule has 1 saturated heterocycles. The van der Waals surface area contributed by atoms with Crippen molar-refractivity contribution in [2.24, 2.45) is 0 Å². The van der Waals surface area contributed by atoms with Crippen molar-refractivity contribution in [3.05, 3.63) is 52.8 Å². The number of aryl methyl sites for hydroxylation is 2. The number of benzene rings is 1. The highest BCUT2D eigenvalue weighted by Gasteiger charge is 2.25. The number of piperidine rings is 1. The average molecular weight is 307 g/mol. The molecule has 0 spiro atoms. The van der Waals surface area contributed by atoms with Crippen molar-refractivity contribution in [1.29, 1.82) is 5.26 Å². The van der Waals surface area contributed by atoms with E-state index in [0.717, 1.165) is 37.2 Å². The predicted octanol–water partition coefficient (Wildman–Crippen LogP) is 3.59. The molecule has 2 aromatic rings. The normalized spacial score (nSPS) is 14.6. The van der Waals surface area contributed by atoms with E-state index in [2.05, 4.69) is 12.1 Å². The van der Waals surface area contributed by atoms with E-state index < -0.39 is 0 Å². The number of rotatable bonds is 2. The molecule has 0 bridgehead atoms. The second-order valence-electron chi connectivity index (χ2n) is 6.20. The van der Waals surface area contributed by atoms with Crippen molar-refractivity contribution in [2.45, 2.75) is 33.1 Å². The zero-order valence-corrected chi connectivity index (χ0v) is 13.7. The van der Waals surface area contributed by atoms with E-state index in [4.69, 9.17) is 0 Å². The Kier molecular flexibility index (Phi) is 4.20. The summed E-state index contributed by atoms with van der Waals surface area (Å²) in [6, 6.07) is 10.0. The van der Waals surface area contributed by atoms with Gasteiger partial charge in [-0.15, -0.1) is 0 Å². The standard InChI is InChI=1S/C19H21N3O/c1-14-6-7-17(15(2)12-14)22-11-8-16(13-20)18(22)19(23)21-9-4-3-5-10-21/h6-8,11-12H,3-5,9-10H2,1-2H3. The molecule has 0 radical (unpaired) electrons. The van der Waals surface area contributed by atoms with E-state index >= 15 is 0 Å². The molecular weight excluding hydrogens is 286 g/mol. The van der Waals surface area contributed by atoms with Gasteiger partial charge in [0.15, 0.2) is 0 Å².